The van der Waals surface area contributed by atoms with Gasteiger partial charge in [0.2, 0.25) is 5.95 Å². The number of aryl methyl sites for hydroxylation is 1. The molecule has 6 nitrogen and oxygen atoms in total. The van der Waals surface area contributed by atoms with Crippen molar-refractivity contribution in [2.75, 3.05) is 11.4 Å². The monoisotopic (exact) mass is 393 g/mol. The van der Waals surface area contributed by atoms with E-state index in [0.717, 1.165) is 6.20 Å². The Balaban J connectivity index is 1.63. The molecule has 0 aliphatic carbocycles. The van der Waals surface area contributed by atoms with Crippen molar-refractivity contribution in [3.05, 3.63) is 71.9 Å². The highest BCUT2D eigenvalue weighted by Gasteiger charge is 2.34. The predicted octanol–water partition coefficient (Wildman–Crippen LogP) is 4.01. The Kier molecular flexibility index (Phi) is 3.77. The Morgan fingerprint density at radius 3 is 2.76 bits per heavy atom. The Hall–Kier alpha value is -3.55. The van der Waals surface area contributed by atoms with Crippen LogP contribution in [0.15, 0.2) is 48.9 Å². The molecule has 29 heavy (non-hydrogen) atoms. The minimum atomic E-state index is -0.481. The number of carbonyl (C=O) groups excluding carboxylic acids is 1. The molecule has 8 heteroatoms. The van der Waals surface area contributed by atoms with Gasteiger partial charge in [0.05, 0.1) is 18.4 Å². The zero-order valence-electron chi connectivity index (χ0n) is 15.8. The van der Waals surface area contributed by atoms with E-state index in [1.54, 1.807) is 53.2 Å². The van der Waals surface area contributed by atoms with E-state index in [2.05, 4.69) is 10.1 Å². The second-order valence-corrected chi connectivity index (χ2v) is 7.28. The molecule has 0 saturated heterocycles. The number of fused-ring (bicyclic) bond motifs is 2. The number of imidazole rings is 1. The van der Waals surface area contributed by atoms with Gasteiger partial charge in [-0.15, -0.1) is 0 Å². The van der Waals surface area contributed by atoms with Gasteiger partial charge in [0, 0.05) is 29.6 Å². The molecule has 0 fully saturated rings. The lowest BCUT2D eigenvalue weighted by Gasteiger charge is -2.32. The third-order valence-corrected chi connectivity index (χ3v) is 5.33. The number of anilines is 1. The van der Waals surface area contributed by atoms with Crippen molar-refractivity contribution in [1.29, 1.82) is 0 Å². The second kappa shape index (κ2) is 6.23. The fourth-order valence-electron chi connectivity index (χ4n) is 3.80. The third kappa shape index (κ3) is 2.63. The van der Waals surface area contributed by atoms with Crippen LogP contribution in [0.1, 0.15) is 29.0 Å². The first-order valence-electron chi connectivity index (χ1n) is 9.22. The standard InChI is InChI=1S/C21H17F2N5O/c1-12-7-15(4-5-17(12)22)26-10-13(2)28-20(21(26)29)16(8-25-28)14-3-6-19-24-9-18(23)27(19)11-14/h3-9,11,13H,10H2,1-2H3/t13-/m0/s1. The van der Waals surface area contributed by atoms with Crippen LogP contribution in [0.25, 0.3) is 16.8 Å². The number of hydrogen-bond acceptors (Lipinski definition) is 3. The maximum absolute atomic E-state index is 14.0. The molecule has 3 aromatic heterocycles. The van der Waals surface area contributed by atoms with E-state index in [1.165, 1.54) is 10.5 Å². The number of pyridine rings is 1. The van der Waals surface area contributed by atoms with Crippen molar-refractivity contribution in [2.24, 2.45) is 0 Å². The lowest BCUT2D eigenvalue weighted by molar-refractivity contribution is 0.0954. The topological polar surface area (TPSA) is 55.4 Å². The van der Waals surface area contributed by atoms with Crippen molar-refractivity contribution in [2.45, 2.75) is 19.9 Å². The first-order valence-corrected chi connectivity index (χ1v) is 9.22. The zero-order chi connectivity index (χ0) is 20.3. The molecule has 4 aromatic rings. The summed E-state index contributed by atoms with van der Waals surface area (Å²) >= 11 is 0. The Bertz CT molecular complexity index is 1280. The molecule has 5 rings (SSSR count). The van der Waals surface area contributed by atoms with Gasteiger partial charge < -0.3 is 4.90 Å². The van der Waals surface area contributed by atoms with Crippen LogP contribution in [0.2, 0.25) is 0 Å². The van der Waals surface area contributed by atoms with Crippen molar-refractivity contribution in [3.8, 4) is 11.1 Å². The number of amides is 1. The van der Waals surface area contributed by atoms with Gasteiger partial charge in [-0.05, 0) is 49.7 Å². The lowest BCUT2D eigenvalue weighted by atomic mass is 10.0. The fourth-order valence-corrected chi connectivity index (χ4v) is 3.80. The molecule has 0 bridgehead atoms. The minimum absolute atomic E-state index is 0.0736. The van der Waals surface area contributed by atoms with E-state index in [4.69, 9.17) is 0 Å². The van der Waals surface area contributed by atoms with Gasteiger partial charge in [0.25, 0.3) is 5.91 Å². The van der Waals surface area contributed by atoms with Gasteiger partial charge in [-0.3, -0.25) is 13.9 Å². The van der Waals surface area contributed by atoms with Gasteiger partial charge >= 0.3 is 0 Å². The summed E-state index contributed by atoms with van der Waals surface area (Å²) in [6.45, 7) is 4.06. The Labute approximate surface area is 165 Å². The predicted molar refractivity (Wildman–Crippen MR) is 104 cm³/mol. The van der Waals surface area contributed by atoms with Gasteiger partial charge in [0.1, 0.15) is 17.2 Å². The molecule has 0 spiro atoms. The van der Waals surface area contributed by atoms with Crippen LogP contribution in [-0.4, -0.2) is 31.6 Å². The lowest BCUT2D eigenvalue weighted by Crippen LogP contribution is -2.42. The number of benzene rings is 1. The van der Waals surface area contributed by atoms with Crippen LogP contribution < -0.4 is 4.90 Å². The van der Waals surface area contributed by atoms with Crippen LogP contribution in [0, 0.1) is 18.7 Å². The summed E-state index contributed by atoms with van der Waals surface area (Å²) < 4.78 is 30.7. The van der Waals surface area contributed by atoms with Gasteiger partial charge in [-0.2, -0.15) is 9.49 Å². The van der Waals surface area contributed by atoms with Crippen molar-refractivity contribution >= 4 is 17.2 Å². The minimum Gasteiger partial charge on any atom is -0.305 e. The third-order valence-electron chi connectivity index (χ3n) is 5.33. The molecule has 146 valence electrons. The van der Waals surface area contributed by atoms with Crippen molar-refractivity contribution in [1.82, 2.24) is 19.2 Å². The summed E-state index contributed by atoms with van der Waals surface area (Å²) in [5.74, 6) is -1.02. The SMILES string of the molecule is Cc1cc(N2C[C@H](C)n3ncc(-c4ccc5ncc(F)n5c4)c3C2=O)ccc1F. The number of rotatable bonds is 2. The number of carbonyl (C=O) groups is 1. The molecule has 1 amide bonds. The molecule has 1 atom stereocenters. The Morgan fingerprint density at radius 2 is 1.97 bits per heavy atom. The molecule has 0 saturated carbocycles. The van der Waals surface area contributed by atoms with Crippen LogP contribution >= 0.6 is 0 Å². The van der Waals surface area contributed by atoms with Crippen molar-refractivity contribution < 1.29 is 13.6 Å². The second-order valence-electron chi connectivity index (χ2n) is 7.28. The molecular weight excluding hydrogens is 376 g/mol. The van der Waals surface area contributed by atoms with E-state index >= 15 is 0 Å². The summed E-state index contributed by atoms with van der Waals surface area (Å²) in [5, 5.41) is 4.40. The summed E-state index contributed by atoms with van der Waals surface area (Å²) in [7, 11) is 0. The quantitative estimate of drug-likeness (QED) is 0.517. The van der Waals surface area contributed by atoms with E-state index in [0.29, 0.717) is 40.3 Å². The normalized spacial score (nSPS) is 16.5. The molecule has 0 N–H and O–H groups in total. The highest BCUT2D eigenvalue weighted by Crippen LogP contribution is 2.33. The zero-order valence-corrected chi connectivity index (χ0v) is 15.8. The van der Waals surface area contributed by atoms with Gasteiger partial charge in [0.15, 0.2) is 0 Å². The first-order chi connectivity index (χ1) is 13.9. The molecule has 1 aliphatic heterocycles. The number of nitrogens with zero attached hydrogens (tertiary/aromatic N) is 5. The molecular formula is C21H17F2N5O. The average Bonchev–Trinajstić information content (AvgIpc) is 3.31. The molecule has 4 heterocycles. The maximum atomic E-state index is 14.0. The van der Waals surface area contributed by atoms with Crippen LogP contribution in [0.4, 0.5) is 14.5 Å². The summed E-state index contributed by atoms with van der Waals surface area (Å²) in [4.78, 5) is 19.0. The smallest absolute Gasteiger partial charge is 0.277 e. The largest absolute Gasteiger partial charge is 0.305 e. The van der Waals surface area contributed by atoms with E-state index in [1.807, 2.05) is 6.92 Å². The Morgan fingerprint density at radius 1 is 1.14 bits per heavy atom. The number of halogens is 2. The van der Waals surface area contributed by atoms with E-state index in [9.17, 15) is 13.6 Å². The maximum Gasteiger partial charge on any atom is 0.277 e. The van der Waals surface area contributed by atoms with Crippen LogP contribution in [0.5, 0.6) is 0 Å². The highest BCUT2D eigenvalue weighted by atomic mass is 19.1. The summed E-state index contributed by atoms with van der Waals surface area (Å²) in [6, 6.07) is 8.05. The fraction of sp³-hybridized carbons (Fsp3) is 0.190. The summed E-state index contributed by atoms with van der Waals surface area (Å²) in [5.41, 5.74) is 3.29. The number of aromatic nitrogens is 4. The van der Waals surface area contributed by atoms with Crippen LogP contribution in [0.3, 0.4) is 0 Å². The summed E-state index contributed by atoms with van der Waals surface area (Å²) in [6.07, 6.45) is 4.38. The van der Waals surface area contributed by atoms with Crippen LogP contribution in [-0.2, 0) is 0 Å². The van der Waals surface area contributed by atoms with Crippen molar-refractivity contribution in [3.63, 3.8) is 0 Å². The molecule has 0 unspecified atom stereocenters. The van der Waals surface area contributed by atoms with E-state index in [-0.39, 0.29) is 17.8 Å². The first kappa shape index (κ1) is 17.5. The highest BCUT2D eigenvalue weighted by molar-refractivity contribution is 6.09. The van der Waals surface area contributed by atoms with Gasteiger partial charge in [-0.25, -0.2) is 9.37 Å². The molecule has 1 aliphatic rings. The van der Waals surface area contributed by atoms with E-state index < -0.39 is 5.95 Å². The van der Waals surface area contributed by atoms with Gasteiger partial charge in [-0.1, -0.05) is 0 Å². The molecule has 0 radical (unpaired) electrons. The number of hydrogen-bond donors (Lipinski definition) is 0. The average molecular weight is 393 g/mol. The molecule has 1 aromatic carbocycles.